The number of hydrogen-bond acceptors (Lipinski definition) is 2. The van der Waals surface area contributed by atoms with Crippen LogP contribution < -0.4 is 11.1 Å². The summed E-state index contributed by atoms with van der Waals surface area (Å²) in [5.74, 6) is 0.890. The molecule has 1 amide bonds. The third-order valence-corrected chi connectivity index (χ3v) is 4.02. The maximum Gasteiger partial charge on any atom is 0.227 e. The van der Waals surface area contributed by atoms with E-state index in [1.165, 1.54) is 12.8 Å². The lowest BCUT2D eigenvalue weighted by molar-refractivity contribution is -0.132. The molecule has 0 radical (unpaired) electrons. The van der Waals surface area contributed by atoms with E-state index >= 15 is 0 Å². The lowest BCUT2D eigenvalue weighted by Gasteiger charge is -2.32. The van der Waals surface area contributed by atoms with Gasteiger partial charge in [0.05, 0.1) is 5.41 Å². The number of hydrogen-bond donors (Lipinski definition) is 2. The van der Waals surface area contributed by atoms with Crippen LogP contribution in [-0.2, 0) is 4.79 Å². The van der Waals surface area contributed by atoms with Gasteiger partial charge in [0.25, 0.3) is 0 Å². The van der Waals surface area contributed by atoms with E-state index in [0.717, 1.165) is 25.7 Å². The molecular formula is C14H28N2O. The van der Waals surface area contributed by atoms with Crippen LogP contribution in [0.1, 0.15) is 59.3 Å². The van der Waals surface area contributed by atoms with E-state index in [2.05, 4.69) is 26.1 Å². The number of rotatable bonds is 8. The van der Waals surface area contributed by atoms with Gasteiger partial charge in [0.2, 0.25) is 5.91 Å². The third-order valence-electron chi connectivity index (χ3n) is 4.02. The number of carbonyl (C=O) groups is 1. The molecule has 0 aromatic heterocycles. The number of nitrogens with two attached hydrogens (primary N) is 1. The molecule has 3 heteroatoms. The largest absolute Gasteiger partial charge is 0.353 e. The van der Waals surface area contributed by atoms with E-state index in [1.54, 1.807) is 0 Å². The Morgan fingerprint density at radius 2 is 1.88 bits per heavy atom. The molecule has 3 nitrogen and oxygen atoms in total. The van der Waals surface area contributed by atoms with Crippen LogP contribution in [0, 0.1) is 11.3 Å². The highest BCUT2D eigenvalue weighted by Crippen LogP contribution is 2.34. The zero-order chi connectivity index (χ0) is 12.9. The third kappa shape index (κ3) is 3.70. The van der Waals surface area contributed by atoms with Crippen molar-refractivity contribution in [1.82, 2.24) is 5.32 Å². The number of carbonyl (C=O) groups excluding carboxylic acids is 1. The van der Waals surface area contributed by atoms with Gasteiger partial charge in [-0.1, -0.05) is 26.7 Å². The predicted octanol–water partition coefficient (Wildman–Crippen LogP) is 2.45. The summed E-state index contributed by atoms with van der Waals surface area (Å²) in [6.07, 6.45) is 6.36. The van der Waals surface area contributed by atoms with Gasteiger partial charge >= 0.3 is 0 Å². The summed E-state index contributed by atoms with van der Waals surface area (Å²) in [4.78, 5) is 12.4. The van der Waals surface area contributed by atoms with Crippen LogP contribution >= 0.6 is 0 Å². The van der Waals surface area contributed by atoms with Crippen LogP contribution in [0.3, 0.4) is 0 Å². The van der Waals surface area contributed by atoms with Crippen molar-refractivity contribution in [3.05, 3.63) is 0 Å². The van der Waals surface area contributed by atoms with Crippen molar-refractivity contribution in [3.8, 4) is 0 Å². The highest BCUT2D eigenvalue weighted by molar-refractivity contribution is 5.83. The second-order valence-corrected chi connectivity index (χ2v) is 5.58. The predicted molar refractivity (Wildman–Crippen MR) is 71.6 cm³/mol. The van der Waals surface area contributed by atoms with Crippen molar-refractivity contribution in [2.75, 3.05) is 6.54 Å². The van der Waals surface area contributed by atoms with Gasteiger partial charge in [-0.05, 0) is 38.5 Å². The Kier molecular flexibility index (Phi) is 5.44. The molecule has 0 spiro atoms. The zero-order valence-electron chi connectivity index (χ0n) is 11.6. The summed E-state index contributed by atoms with van der Waals surface area (Å²) in [6.45, 7) is 6.84. The maximum atomic E-state index is 12.4. The number of nitrogens with one attached hydrogen (secondary N) is 1. The van der Waals surface area contributed by atoms with Crippen molar-refractivity contribution in [2.45, 2.75) is 65.3 Å². The quantitative estimate of drug-likeness (QED) is 0.684. The second kappa shape index (κ2) is 6.39. The minimum atomic E-state index is -0.327. The summed E-state index contributed by atoms with van der Waals surface area (Å²) in [7, 11) is 0. The van der Waals surface area contributed by atoms with Crippen LogP contribution in [-0.4, -0.2) is 18.5 Å². The van der Waals surface area contributed by atoms with Gasteiger partial charge in [-0.25, -0.2) is 0 Å². The minimum Gasteiger partial charge on any atom is -0.353 e. The molecule has 100 valence electrons. The molecule has 1 saturated carbocycles. The van der Waals surface area contributed by atoms with Crippen LogP contribution in [0.4, 0.5) is 0 Å². The van der Waals surface area contributed by atoms with E-state index in [-0.39, 0.29) is 11.3 Å². The molecule has 1 atom stereocenters. The van der Waals surface area contributed by atoms with E-state index in [9.17, 15) is 4.79 Å². The average molecular weight is 240 g/mol. The van der Waals surface area contributed by atoms with Crippen LogP contribution in [0.2, 0.25) is 0 Å². The fourth-order valence-electron chi connectivity index (χ4n) is 2.68. The molecule has 1 aliphatic rings. The summed E-state index contributed by atoms with van der Waals surface area (Å²) < 4.78 is 0. The summed E-state index contributed by atoms with van der Waals surface area (Å²) in [6, 6.07) is 0.321. The van der Waals surface area contributed by atoms with Gasteiger partial charge in [0.1, 0.15) is 0 Å². The Morgan fingerprint density at radius 1 is 1.35 bits per heavy atom. The van der Waals surface area contributed by atoms with Crippen molar-refractivity contribution in [3.63, 3.8) is 0 Å². The summed E-state index contributed by atoms with van der Waals surface area (Å²) in [5, 5.41) is 3.18. The molecule has 0 aromatic rings. The Hall–Kier alpha value is -0.570. The van der Waals surface area contributed by atoms with Crippen LogP contribution in [0.25, 0.3) is 0 Å². The van der Waals surface area contributed by atoms with Gasteiger partial charge in [-0.2, -0.15) is 0 Å². The van der Waals surface area contributed by atoms with Gasteiger partial charge in [0, 0.05) is 12.6 Å². The molecule has 0 aliphatic heterocycles. The van der Waals surface area contributed by atoms with Crippen molar-refractivity contribution in [1.29, 1.82) is 0 Å². The fourth-order valence-corrected chi connectivity index (χ4v) is 2.68. The maximum absolute atomic E-state index is 12.4. The molecule has 1 aliphatic carbocycles. The Labute approximate surface area is 106 Å². The van der Waals surface area contributed by atoms with Gasteiger partial charge in [-0.15, -0.1) is 0 Å². The molecular weight excluding hydrogens is 212 g/mol. The fraction of sp³-hybridized carbons (Fsp3) is 0.929. The molecule has 0 heterocycles. The second-order valence-electron chi connectivity index (χ2n) is 5.58. The van der Waals surface area contributed by atoms with Crippen LogP contribution in [0.15, 0.2) is 0 Å². The van der Waals surface area contributed by atoms with Crippen LogP contribution in [0.5, 0.6) is 0 Å². The lowest BCUT2D eigenvalue weighted by Crippen LogP contribution is -2.49. The van der Waals surface area contributed by atoms with Gasteiger partial charge in [0.15, 0.2) is 0 Å². The monoisotopic (exact) mass is 240 g/mol. The first kappa shape index (κ1) is 14.5. The smallest absolute Gasteiger partial charge is 0.227 e. The molecule has 1 unspecified atom stereocenters. The molecule has 17 heavy (non-hydrogen) atoms. The highest BCUT2D eigenvalue weighted by atomic mass is 16.2. The van der Waals surface area contributed by atoms with E-state index in [1.807, 2.05) is 0 Å². The van der Waals surface area contributed by atoms with Crippen molar-refractivity contribution in [2.24, 2.45) is 17.1 Å². The standard InChI is InChI=1S/C14H28N2O/c1-4-8-14(10-15,9-5-2)13(17)16-11(3)12-6-7-12/h11-12H,4-10,15H2,1-3H3,(H,16,17). The number of amides is 1. The van der Waals surface area contributed by atoms with Crippen molar-refractivity contribution >= 4 is 5.91 Å². The Morgan fingerprint density at radius 3 is 2.24 bits per heavy atom. The Bertz CT molecular complexity index is 243. The van der Waals surface area contributed by atoms with E-state index in [4.69, 9.17) is 5.73 Å². The Balaban J connectivity index is 2.62. The lowest BCUT2D eigenvalue weighted by atomic mass is 9.78. The normalized spacial score (nSPS) is 17.9. The molecule has 1 rings (SSSR count). The molecule has 0 bridgehead atoms. The molecule has 3 N–H and O–H groups in total. The van der Waals surface area contributed by atoms with Gasteiger partial charge < -0.3 is 11.1 Å². The van der Waals surface area contributed by atoms with Gasteiger partial charge in [-0.3, -0.25) is 4.79 Å². The molecule has 1 fully saturated rings. The summed E-state index contributed by atoms with van der Waals surface area (Å²) in [5.41, 5.74) is 5.56. The minimum absolute atomic E-state index is 0.183. The SMILES string of the molecule is CCCC(CN)(CCC)C(=O)NC(C)C1CC1. The van der Waals surface area contributed by atoms with Crippen molar-refractivity contribution < 1.29 is 4.79 Å². The van der Waals surface area contributed by atoms with E-state index in [0.29, 0.717) is 18.5 Å². The average Bonchev–Trinajstić information content (AvgIpc) is 3.12. The highest BCUT2D eigenvalue weighted by Gasteiger charge is 2.38. The summed E-state index contributed by atoms with van der Waals surface area (Å²) >= 11 is 0. The zero-order valence-corrected chi connectivity index (χ0v) is 11.6. The topological polar surface area (TPSA) is 55.1 Å². The van der Waals surface area contributed by atoms with E-state index < -0.39 is 0 Å². The first-order valence-electron chi connectivity index (χ1n) is 7.10. The molecule has 0 saturated heterocycles. The molecule has 0 aromatic carbocycles. The first-order chi connectivity index (χ1) is 8.09. The first-order valence-corrected chi connectivity index (χ1v) is 7.10.